The van der Waals surface area contributed by atoms with Crippen LogP contribution in [-0.2, 0) is 4.79 Å². The topological polar surface area (TPSA) is 59.0 Å². The van der Waals surface area contributed by atoms with Crippen molar-refractivity contribution in [2.24, 2.45) is 0 Å². The number of aliphatic carboxylic acids is 1. The van der Waals surface area contributed by atoms with Crippen LogP contribution in [0.25, 0.3) is 0 Å². The van der Waals surface area contributed by atoms with E-state index in [1.807, 2.05) is 0 Å². The Morgan fingerprint density at radius 2 is 1.70 bits per heavy atom. The molecule has 0 amide bonds. The Balaban J connectivity index is 2.00. The Morgan fingerprint density at radius 3 is 2.13 bits per heavy atom. The van der Waals surface area contributed by atoms with Gasteiger partial charge in [-0.25, -0.2) is 0 Å². The van der Waals surface area contributed by atoms with E-state index in [1.165, 1.54) is 5.57 Å². The van der Waals surface area contributed by atoms with Crippen molar-refractivity contribution >= 4 is 5.97 Å². The van der Waals surface area contributed by atoms with Gasteiger partial charge in [0, 0.05) is 18.2 Å². The second-order valence-electron chi connectivity index (χ2n) is 6.38. The van der Waals surface area contributed by atoms with Crippen LogP contribution in [0.15, 0.2) is 30.4 Å². The van der Waals surface area contributed by atoms with E-state index < -0.39 is 12.0 Å². The average molecular weight is 317 g/mol. The van der Waals surface area contributed by atoms with Crippen LogP contribution in [0.1, 0.15) is 37.3 Å². The van der Waals surface area contributed by atoms with Gasteiger partial charge in [0.2, 0.25) is 0 Å². The monoisotopic (exact) mass is 317 g/mol. The first kappa shape index (κ1) is 15.9. The van der Waals surface area contributed by atoms with Crippen LogP contribution in [0.3, 0.4) is 0 Å². The molecule has 0 spiro atoms. The summed E-state index contributed by atoms with van der Waals surface area (Å²) in [6, 6.07) is 5.20. The predicted molar refractivity (Wildman–Crippen MR) is 86.9 cm³/mol. The van der Waals surface area contributed by atoms with Crippen LogP contribution in [-0.4, -0.2) is 42.3 Å². The van der Waals surface area contributed by atoms with Crippen LogP contribution >= 0.6 is 0 Å². The van der Waals surface area contributed by atoms with E-state index in [0.29, 0.717) is 17.1 Å². The molecular formula is C18H23NO4. The Bertz CT molecular complexity index is 589. The lowest BCUT2D eigenvalue weighted by Gasteiger charge is -2.40. The standard InChI is InChI=1S/C18H23NO4/c1-11-6-13-4-5-14(7-11)19(13)17(18(20)21)12-8-15(22-2)10-16(9-12)23-3/h8-10,13-14,17H,1,4-7H2,2-3H3,(H,20,21). The van der Waals surface area contributed by atoms with Gasteiger partial charge in [-0.2, -0.15) is 0 Å². The summed E-state index contributed by atoms with van der Waals surface area (Å²) in [4.78, 5) is 14.2. The van der Waals surface area contributed by atoms with Gasteiger partial charge in [-0.05, 0) is 43.4 Å². The quantitative estimate of drug-likeness (QED) is 0.846. The third-order valence-corrected chi connectivity index (χ3v) is 4.95. The molecule has 23 heavy (non-hydrogen) atoms. The zero-order valence-electron chi connectivity index (χ0n) is 13.6. The summed E-state index contributed by atoms with van der Waals surface area (Å²) in [6.07, 6.45) is 3.85. The minimum Gasteiger partial charge on any atom is -0.497 e. The van der Waals surface area contributed by atoms with Crippen molar-refractivity contribution in [3.63, 3.8) is 0 Å². The number of carboxylic acids is 1. The normalized spacial score (nSPS) is 25.2. The fraction of sp³-hybridized carbons (Fsp3) is 0.500. The number of fused-ring (bicyclic) bond motifs is 2. The molecule has 3 rings (SSSR count). The van der Waals surface area contributed by atoms with Gasteiger partial charge in [-0.3, -0.25) is 9.69 Å². The molecule has 2 heterocycles. The first-order valence-electron chi connectivity index (χ1n) is 7.93. The molecular weight excluding hydrogens is 294 g/mol. The highest BCUT2D eigenvalue weighted by Crippen LogP contribution is 2.44. The van der Waals surface area contributed by atoms with E-state index in [9.17, 15) is 9.90 Å². The highest BCUT2D eigenvalue weighted by atomic mass is 16.5. The molecule has 0 aliphatic carbocycles. The van der Waals surface area contributed by atoms with Gasteiger partial charge in [-0.1, -0.05) is 12.2 Å². The summed E-state index contributed by atoms with van der Waals surface area (Å²) in [6.45, 7) is 4.11. The summed E-state index contributed by atoms with van der Waals surface area (Å²) in [5.74, 6) is 0.392. The lowest BCUT2D eigenvalue weighted by Crippen LogP contribution is -2.45. The average Bonchev–Trinajstić information content (AvgIpc) is 2.78. The summed E-state index contributed by atoms with van der Waals surface area (Å²) < 4.78 is 10.6. The summed E-state index contributed by atoms with van der Waals surface area (Å²) >= 11 is 0. The number of carbonyl (C=O) groups is 1. The third-order valence-electron chi connectivity index (χ3n) is 4.95. The lowest BCUT2D eigenvalue weighted by molar-refractivity contribution is -0.145. The number of hydrogen-bond donors (Lipinski definition) is 1. The second-order valence-corrected chi connectivity index (χ2v) is 6.38. The van der Waals surface area contributed by atoms with Gasteiger partial charge in [0.15, 0.2) is 0 Å². The molecule has 0 radical (unpaired) electrons. The second kappa shape index (κ2) is 6.24. The fourth-order valence-corrected chi connectivity index (χ4v) is 4.00. The number of piperidine rings is 1. The van der Waals surface area contributed by atoms with E-state index in [2.05, 4.69) is 11.5 Å². The lowest BCUT2D eigenvalue weighted by atomic mass is 9.93. The van der Waals surface area contributed by atoms with E-state index in [1.54, 1.807) is 32.4 Å². The van der Waals surface area contributed by atoms with Crippen LogP contribution in [0.5, 0.6) is 11.5 Å². The molecule has 3 unspecified atom stereocenters. The molecule has 2 bridgehead atoms. The highest BCUT2D eigenvalue weighted by Gasteiger charge is 2.44. The molecule has 2 fully saturated rings. The smallest absolute Gasteiger partial charge is 0.325 e. The van der Waals surface area contributed by atoms with Crippen molar-refractivity contribution in [2.75, 3.05) is 14.2 Å². The molecule has 2 aliphatic heterocycles. The molecule has 5 nitrogen and oxygen atoms in total. The first-order chi connectivity index (χ1) is 11.0. The van der Waals surface area contributed by atoms with E-state index in [4.69, 9.17) is 9.47 Å². The SMILES string of the molecule is C=C1CC2CCC(C1)N2C(C(=O)O)c1cc(OC)cc(OC)c1. The minimum atomic E-state index is -0.829. The predicted octanol–water partition coefficient (Wildman–Crippen LogP) is 3.01. The number of nitrogens with zero attached hydrogens (tertiary/aromatic N) is 1. The van der Waals surface area contributed by atoms with Crippen LogP contribution in [0.2, 0.25) is 0 Å². The minimum absolute atomic E-state index is 0.263. The molecule has 124 valence electrons. The number of rotatable bonds is 5. The van der Waals surface area contributed by atoms with Crippen molar-refractivity contribution in [1.29, 1.82) is 0 Å². The van der Waals surface area contributed by atoms with E-state index >= 15 is 0 Å². The number of benzene rings is 1. The van der Waals surface area contributed by atoms with Crippen LogP contribution < -0.4 is 9.47 Å². The number of methoxy groups -OCH3 is 2. The molecule has 3 atom stereocenters. The highest BCUT2D eigenvalue weighted by molar-refractivity contribution is 5.76. The maximum Gasteiger partial charge on any atom is 0.325 e. The van der Waals surface area contributed by atoms with E-state index in [-0.39, 0.29) is 12.1 Å². The summed E-state index contributed by atoms with van der Waals surface area (Å²) in [7, 11) is 3.14. The van der Waals surface area contributed by atoms with Crippen LogP contribution in [0.4, 0.5) is 0 Å². The van der Waals surface area contributed by atoms with Crippen molar-refractivity contribution in [3.05, 3.63) is 35.9 Å². The van der Waals surface area contributed by atoms with Gasteiger partial charge < -0.3 is 14.6 Å². The van der Waals surface area contributed by atoms with Crippen molar-refractivity contribution in [1.82, 2.24) is 4.90 Å². The van der Waals surface area contributed by atoms with Crippen molar-refractivity contribution < 1.29 is 19.4 Å². The number of ether oxygens (including phenoxy) is 2. The Hall–Kier alpha value is -2.01. The van der Waals surface area contributed by atoms with Crippen molar-refractivity contribution in [3.8, 4) is 11.5 Å². The maximum atomic E-state index is 12.1. The van der Waals surface area contributed by atoms with E-state index in [0.717, 1.165) is 25.7 Å². The molecule has 0 saturated carbocycles. The van der Waals surface area contributed by atoms with Gasteiger partial charge in [-0.15, -0.1) is 0 Å². The number of hydrogen-bond acceptors (Lipinski definition) is 4. The number of carboxylic acid groups (broad SMARTS) is 1. The Morgan fingerprint density at radius 1 is 1.17 bits per heavy atom. The van der Waals surface area contributed by atoms with Gasteiger partial charge in [0.05, 0.1) is 14.2 Å². The molecule has 1 aromatic carbocycles. The summed E-state index contributed by atoms with van der Waals surface area (Å²) in [5, 5.41) is 9.89. The first-order valence-corrected chi connectivity index (χ1v) is 7.93. The van der Waals surface area contributed by atoms with Gasteiger partial charge in [0.1, 0.15) is 17.5 Å². The zero-order chi connectivity index (χ0) is 16.6. The fourth-order valence-electron chi connectivity index (χ4n) is 4.00. The summed E-state index contributed by atoms with van der Waals surface area (Å²) in [5.41, 5.74) is 1.94. The van der Waals surface area contributed by atoms with Crippen LogP contribution in [0, 0.1) is 0 Å². The van der Waals surface area contributed by atoms with Gasteiger partial charge >= 0.3 is 5.97 Å². The molecule has 1 aromatic rings. The molecule has 2 saturated heterocycles. The molecule has 1 N–H and O–H groups in total. The maximum absolute atomic E-state index is 12.1. The zero-order valence-corrected chi connectivity index (χ0v) is 13.6. The largest absolute Gasteiger partial charge is 0.497 e. The molecule has 2 aliphatic rings. The molecule has 0 aromatic heterocycles. The van der Waals surface area contributed by atoms with Gasteiger partial charge in [0.25, 0.3) is 0 Å². The Labute approximate surface area is 136 Å². The third kappa shape index (κ3) is 2.93. The van der Waals surface area contributed by atoms with Crippen molar-refractivity contribution in [2.45, 2.75) is 43.8 Å². The molecule has 5 heteroatoms. The Kier molecular flexibility index (Phi) is 4.31.